The van der Waals surface area contributed by atoms with E-state index in [1.165, 1.54) is 54.9 Å². The number of benzene rings is 6. The maximum absolute atomic E-state index is 2.44. The van der Waals surface area contributed by atoms with Gasteiger partial charge < -0.3 is 9.80 Å². The number of fused-ring (bicyclic) bond motifs is 2. The van der Waals surface area contributed by atoms with Crippen molar-refractivity contribution in [3.63, 3.8) is 0 Å². The highest BCUT2D eigenvalue weighted by Gasteiger charge is 2.09. The molecular weight excluding hydrogens is 496 g/mol. The fraction of sp³-hybridized carbons (Fsp3) is 0.179. The molecule has 6 aromatic carbocycles. The van der Waals surface area contributed by atoms with Gasteiger partial charge in [0.05, 0.1) is 0 Å². The molecule has 0 saturated carbocycles. The minimum Gasteiger partial charge on any atom is -0.302 e. The fourth-order valence-electron chi connectivity index (χ4n) is 6.02. The second-order valence-electron chi connectivity index (χ2n) is 11.3. The zero-order valence-electron chi connectivity index (χ0n) is 24.1. The summed E-state index contributed by atoms with van der Waals surface area (Å²) in [5.74, 6) is 0. The first-order valence-electron chi connectivity index (χ1n) is 14.7. The maximum Gasteiger partial charge on any atom is 0.0230 e. The minimum absolute atomic E-state index is 0.954. The number of hydrogen-bond donors (Lipinski definition) is 0. The van der Waals surface area contributed by atoms with Crippen molar-refractivity contribution in [2.75, 3.05) is 27.2 Å². The molecule has 0 heterocycles. The monoisotopic (exact) mass is 534 g/mol. The van der Waals surface area contributed by atoms with Crippen LogP contribution < -0.4 is 0 Å². The lowest BCUT2D eigenvalue weighted by Gasteiger charge is -2.21. The Hall–Kier alpha value is -4.24. The molecule has 0 fully saturated rings. The van der Waals surface area contributed by atoms with Gasteiger partial charge in [-0.15, -0.1) is 0 Å². The summed E-state index contributed by atoms with van der Waals surface area (Å²) in [4.78, 5) is 4.88. The van der Waals surface area contributed by atoms with Crippen LogP contribution in [0.1, 0.15) is 17.5 Å². The van der Waals surface area contributed by atoms with Crippen LogP contribution in [0.4, 0.5) is 0 Å². The summed E-state index contributed by atoms with van der Waals surface area (Å²) in [6.07, 6.45) is 1.14. The van der Waals surface area contributed by atoms with E-state index in [0.717, 1.165) is 32.6 Å². The predicted molar refractivity (Wildman–Crippen MR) is 176 cm³/mol. The smallest absolute Gasteiger partial charge is 0.0230 e. The van der Waals surface area contributed by atoms with Gasteiger partial charge in [-0.2, -0.15) is 0 Å². The third kappa shape index (κ3) is 6.41. The largest absolute Gasteiger partial charge is 0.302 e. The first kappa shape index (κ1) is 27.0. The summed E-state index contributed by atoms with van der Waals surface area (Å²) < 4.78 is 0. The van der Waals surface area contributed by atoms with Gasteiger partial charge in [-0.25, -0.2) is 0 Å². The van der Waals surface area contributed by atoms with E-state index in [1.807, 2.05) is 0 Å². The average molecular weight is 535 g/mol. The van der Waals surface area contributed by atoms with Crippen molar-refractivity contribution in [1.82, 2.24) is 9.80 Å². The lowest BCUT2D eigenvalue weighted by molar-refractivity contribution is 0.270. The Balaban J connectivity index is 1.04. The molecule has 0 aliphatic heterocycles. The summed E-state index contributed by atoms with van der Waals surface area (Å²) in [7, 11) is 4.47. The second-order valence-corrected chi connectivity index (χ2v) is 11.3. The van der Waals surface area contributed by atoms with E-state index in [2.05, 4.69) is 157 Å². The van der Waals surface area contributed by atoms with Crippen molar-refractivity contribution in [1.29, 1.82) is 0 Å². The molecule has 0 atom stereocenters. The highest BCUT2D eigenvalue weighted by atomic mass is 15.1. The molecule has 2 nitrogen and oxygen atoms in total. The van der Waals surface area contributed by atoms with Gasteiger partial charge in [-0.1, -0.05) is 121 Å². The lowest BCUT2D eigenvalue weighted by Crippen LogP contribution is -2.25. The van der Waals surface area contributed by atoms with Crippen LogP contribution in [-0.2, 0) is 13.1 Å². The molecule has 2 heteroatoms. The highest BCUT2D eigenvalue weighted by Crippen LogP contribution is 2.30. The van der Waals surface area contributed by atoms with Crippen molar-refractivity contribution in [2.24, 2.45) is 0 Å². The normalized spacial score (nSPS) is 11.6. The molecular formula is C39H38N2. The standard InChI is InChI=1S/C39H38N2/c1-40(28-30-12-7-18-34(26-30)38-22-9-16-32-14-3-5-20-36(32)38)24-11-25-41(2)29-31-13-8-19-35(27-31)39-23-10-17-33-15-4-6-21-37(33)39/h3-10,12-23,26-27H,11,24-25,28-29H2,1-2H3. The van der Waals surface area contributed by atoms with Gasteiger partial charge in [0.1, 0.15) is 0 Å². The Morgan fingerprint density at radius 1 is 0.439 bits per heavy atom. The lowest BCUT2D eigenvalue weighted by atomic mass is 9.97. The van der Waals surface area contributed by atoms with Crippen molar-refractivity contribution in [2.45, 2.75) is 19.5 Å². The SMILES string of the molecule is CN(CCCN(C)Cc1cccc(-c2cccc3ccccc23)c1)Cc1cccc(-c2cccc3ccccc23)c1. The molecule has 0 amide bonds. The summed E-state index contributed by atoms with van der Waals surface area (Å²) in [5, 5.41) is 5.20. The highest BCUT2D eigenvalue weighted by molar-refractivity contribution is 5.97. The molecule has 0 saturated heterocycles. The minimum atomic E-state index is 0.954. The summed E-state index contributed by atoms with van der Waals surface area (Å²) in [6.45, 7) is 4.04. The molecule has 0 spiro atoms. The summed E-state index contributed by atoms with van der Waals surface area (Å²) in [5.41, 5.74) is 7.90. The molecule has 0 aromatic heterocycles. The van der Waals surface area contributed by atoms with Gasteiger partial charge in [-0.05, 0) is 101 Å². The molecule has 6 rings (SSSR count). The Kier molecular flexibility index (Phi) is 8.23. The van der Waals surface area contributed by atoms with Crippen LogP contribution in [0.15, 0.2) is 133 Å². The topological polar surface area (TPSA) is 6.48 Å². The van der Waals surface area contributed by atoms with Gasteiger partial charge in [-0.3, -0.25) is 0 Å². The molecule has 204 valence electrons. The van der Waals surface area contributed by atoms with Crippen LogP contribution in [0, 0.1) is 0 Å². The van der Waals surface area contributed by atoms with E-state index in [9.17, 15) is 0 Å². The van der Waals surface area contributed by atoms with Crippen molar-refractivity contribution in [3.8, 4) is 22.3 Å². The van der Waals surface area contributed by atoms with E-state index >= 15 is 0 Å². The first-order chi connectivity index (χ1) is 20.1. The van der Waals surface area contributed by atoms with Crippen LogP contribution in [0.2, 0.25) is 0 Å². The fourth-order valence-corrected chi connectivity index (χ4v) is 6.02. The molecule has 6 aromatic rings. The van der Waals surface area contributed by atoms with Gasteiger partial charge in [0.15, 0.2) is 0 Å². The molecule has 0 unspecified atom stereocenters. The van der Waals surface area contributed by atoms with Crippen molar-refractivity contribution in [3.05, 3.63) is 145 Å². The molecule has 0 aliphatic rings. The van der Waals surface area contributed by atoms with E-state index in [1.54, 1.807) is 0 Å². The Morgan fingerprint density at radius 3 is 1.34 bits per heavy atom. The first-order valence-corrected chi connectivity index (χ1v) is 14.7. The van der Waals surface area contributed by atoms with Crippen LogP contribution in [0.5, 0.6) is 0 Å². The quantitative estimate of drug-likeness (QED) is 0.173. The van der Waals surface area contributed by atoms with Gasteiger partial charge >= 0.3 is 0 Å². The number of nitrogens with zero attached hydrogens (tertiary/aromatic N) is 2. The second kappa shape index (κ2) is 12.5. The number of rotatable bonds is 10. The Morgan fingerprint density at radius 2 is 0.854 bits per heavy atom. The van der Waals surface area contributed by atoms with Crippen molar-refractivity contribution >= 4 is 21.5 Å². The zero-order chi connectivity index (χ0) is 28.0. The van der Waals surface area contributed by atoms with Crippen LogP contribution >= 0.6 is 0 Å². The third-order valence-corrected chi connectivity index (χ3v) is 8.04. The third-order valence-electron chi connectivity index (χ3n) is 8.04. The Bertz CT molecular complexity index is 1630. The molecule has 0 bridgehead atoms. The molecule has 0 N–H and O–H groups in total. The Labute approximate surface area is 244 Å². The van der Waals surface area contributed by atoms with Crippen molar-refractivity contribution < 1.29 is 0 Å². The average Bonchev–Trinajstić information content (AvgIpc) is 3.01. The summed E-state index contributed by atoms with van der Waals surface area (Å²) >= 11 is 0. The maximum atomic E-state index is 2.44. The predicted octanol–water partition coefficient (Wildman–Crippen LogP) is 9.28. The molecule has 0 radical (unpaired) electrons. The zero-order valence-corrected chi connectivity index (χ0v) is 24.1. The summed E-state index contributed by atoms with van der Waals surface area (Å²) in [6, 6.07) is 48.5. The number of hydrogen-bond acceptors (Lipinski definition) is 2. The van der Waals surface area contributed by atoms with Gasteiger partial charge in [0.2, 0.25) is 0 Å². The van der Waals surface area contributed by atoms with E-state index < -0.39 is 0 Å². The van der Waals surface area contributed by atoms with Crippen LogP contribution in [0.25, 0.3) is 43.8 Å². The van der Waals surface area contributed by atoms with Crippen LogP contribution in [0.3, 0.4) is 0 Å². The van der Waals surface area contributed by atoms with Gasteiger partial charge in [0.25, 0.3) is 0 Å². The van der Waals surface area contributed by atoms with E-state index in [4.69, 9.17) is 0 Å². The van der Waals surface area contributed by atoms with Crippen LogP contribution in [-0.4, -0.2) is 37.0 Å². The van der Waals surface area contributed by atoms with Gasteiger partial charge in [0, 0.05) is 13.1 Å². The van der Waals surface area contributed by atoms with E-state index in [0.29, 0.717) is 0 Å². The van der Waals surface area contributed by atoms with E-state index in [-0.39, 0.29) is 0 Å². The molecule has 41 heavy (non-hydrogen) atoms. The molecule has 0 aliphatic carbocycles.